The quantitative estimate of drug-likeness (QED) is 0.843. The number of aryl methyl sites for hydroxylation is 1. The molecule has 17 heavy (non-hydrogen) atoms. The van der Waals surface area contributed by atoms with Gasteiger partial charge in [0.1, 0.15) is 5.69 Å². The van der Waals surface area contributed by atoms with Crippen molar-refractivity contribution in [2.45, 2.75) is 33.7 Å². The number of anilines is 1. The van der Waals surface area contributed by atoms with Crippen LogP contribution in [0.4, 0.5) is 5.69 Å². The van der Waals surface area contributed by atoms with Gasteiger partial charge in [-0.25, -0.2) is 0 Å². The predicted octanol–water partition coefficient (Wildman–Crippen LogP) is 1.36. The first-order valence-corrected chi connectivity index (χ1v) is 6.05. The fourth-order valence-corrected chi connectivity index (χ4v) is 2.31. The number of rotatable bonds is 2. The first kappa shape index (κ1) is 12.0. The predicted molar refractivity (Wildman–Crippen MR) is 66.6 cm³/mol. The maximum absolute atomic E-state index is 12.4. The van der Waals surface area contributed by atoms with Crippen LogP contribution in [-0.4, -0.2) is 33.7 Å². The van der Waals surface area contributed by atoms with E-state index in [1.54, 1.807) is 10.9 Å². The van der Waals surface area contributed by atoms with Gasteiger partial charge in [-0.1, -0.05) is 13.8 Å². The number of carbonyl (C=O) groups is 1. The largest absolute Gasteiger partial charge is 0.396 e. The van der Waals surface area contributed by atoms with Gasteiger partial charge in [0.15, 0.2) is 0 Å². The number of carbonyl (C=O) groups excluding carboxylic acids is 1. The molecule has 0 spiro atoms. The molecule has 1 aliphatic heterocycles. The van der Waals surface area contributed by atoms with Gasteiger partial charge < -0.3 is 10.6 Å². The van der Waals surface area contributed by atoms with E-state index in [0.29, 0.717) is 17.9 Å². The monoisotopic (exact) mass is 236 g/mol. The normalized spacial score (nSPS) is 18.6. The average Bonchev–Trinajstić information content (AvgIpc) is 2.80. The Kier molecular flexibility index (Phi) is 2.85. The van der Waals surface area contributed by atoms with Crippen LogP contribution in [0.5, 0.6) is 0 Å². The molecule has 1 aliphatic rings. The number of amides is 1. The second kappa shape index (κ2) is 4.05. The third kappa shape index (κ3) is 2.14. The minimum Gasteiger partial charge on any atom is -0.396 e. The summed E-state index contributed by atoms with van der Waals surface area (Å²) in [4.78, 5) is 14.3. The van der Waals surface area contributed by atoms with E-state index in [-0.39, 0.29) is 11.3 Å². The molecule has 0 saturated carbocycles. The van der Waals surface area contributed by atoms with Gasteiger partial charge in [-0.05, 0) is 18.8 Å². The molecular weight excluding hydrogens is 216 g/mol. The molecule has 1 saturated heterocycles. The molecule has 2 N–H and O–H groups in total. The van der Waals surface area contributed by atoms with Crippen LogP contribution in [-0.2, 0) is 6.54 Å². The van der Waals surface area contributed by atoms with E-state index in [0.717, 1.165) is 19.5 Å². The van der Waals surface area contributed by atoms with Crippen LogP contribution in [0, 0.1) is 5.41 Å². The summed E-state index contributed by atoms with van der Waals surface area (Å²) in [6.07, 6.45) is 2.59. The Morgan fingerprint density at radius 1 is 1.59 bits per heavy atom. The fourth-order valence-electron chi connectivity index (χ4n) is 2.31. The Morgan fingerprint density at radius 3 is 2.82 bits per heavy atom. The Hall–Kier alpha value is -1.52. The smallest absolute Gasteiger partial charge is 0.274 e. The van der Waals surface area contributed by atoms with Gasteiger partial charge in [-0.2, -0.15) is 5.10 Å². The summed E-state index contributed by atoms with van der Waals surface area (Å²) in [5.41, 5.74) is 7.04. The molecule has 2 rings (SSSR count). The van der Waals surface area contributed by atoms with Gasteiger partial charge in [0, 0.05) is 19.6 Å². The summed E-state index contributed by atoms with van der Waals surface area (Å²) in [7, 11) is 0. The van der Waals surface area contributed by atoms with Crippen molar-refractivity contribution in [1.82, 2.24) is 14.7 Å². The molecule has 2 heterocycles. The molecule has 1 fully saturated rings. The van der Waals surface area contributed by atoms with Crippen LogP contribution in [0.25, 0.3) is 0 Å². The molecular formula is C12H20N4O. The van der Waals surface area contributed by atoms with Crippen molar-refractivity contribution in [2.75, 3.05) is 18.8 Å². The van der Waals surface area contributed by atoms with Gasteiger partial charge in [-0.15, -0.1) is 0 Å². The standard InChI is InChI=1S/C12H20N4O/c1-4-16-10(9(13)7-14-16)11(17)15-6-5-12(2,3)8-15/h7H,4-6,8,13H2,1-3H3. The van der Waals surface area contributed by atoms with Crippen molar-refractivity contribution < 1.29 is 4.79 Å². The van der Waals surface area contributed by atoms with Gasteiger partial charge in [0.05, 0.1) is 11.9 Å². The number of nitrogens with zero attached hydrogens (tertiary/aromatic N) is 3. The van der Waals surface area contributed by atoms with Crippen molar-refractivity contribution >= 4 is 11.6 Å². The fraction of sp³-hybridized carbons (Fsp3) is 0.667. The van der Waals surface area contributed by atoms with E-state index in [2.05, 4.69) is 18.9 Å². The summed E-state index contributed by atoms with van der Waals surface area (Å²) in [5.74, 6) is 0.00688. The highest BCUT2D eigenvalue weighted by Gasteiger charge is 2.34. The molecule has 0 aromatic carbocycles. The SMILES string of the molecule is CCn1ncc(N)c1C(=O)N1CCC(C)(C)C1. The summed E-state index contributed by atoms with van der Waals surface area (Å²) < 4.78 is 1.67. The summed E-state index contributed by atoms with van der Waals surface area (Å²) >= 11 is 0. The van der Waals surface area contributed by atoms with Crippen LogP contribution >= 0.6 is 0 Å². The maximum atomic E-state index is 12.4. The zero-order chi connectivity index (χ0) is 12.6. The molecule has 0 unspecified atom stereocenters. The summed E-state index contributed by atoms with van der Waals surface area (Å²) in [6, 6.07) is 0. The van der Waals surface area contributed by atoms with Crippen molar-refractivity contribution in [3.8, 4) is 0 Å². The Balaban J connectivity index is 2.23. The first-order valence-electron chi connectivity index (χ1n) is 6.05. The van der Waals surface area contributed by atoms with Crippen LogP contribution in [0.15, 0.2) is 6.20 Å². The van der Waals surface area contributed by atoms with Gasteiger partial charge >= 0.3 is 0 Å². The number of nitrogens with two attached hydrogens (primary N) is 1. The lowest BCUT2D eigenvalue weighted by Crippen LogP contribution is -2.32. The van der Waals surface area contributed by atoms with Gasteiger partial charge in [-0.3, -0.25) is 9.48 Å². The van der Waals surface area contributed by atoms with Gasteiger partial charge in [0.2, 0.25) is 0 Å². The first-order chi connectivity index (χ1) is 7.94. The van der Waals surface area contributed by atoms with Crippen molar-refractivity contribution in [2.24, 2.45) is 5.41 Å². The van der Waals surface area contributed by atoms with Crippen LogP contribution in [0.1, 0.15) is 37.7 Å². The third-order valence-corrected chi connectivity index (χ3v) is 3.33. The maximum Gasteiger partial charge on any atom is 0.274 e. The Morgan fingerprint density at radius 2 is 2.29 bits per heavy atom. The van der Waals surface area contributed by atoms with Crippen molar-refractivity contribution in [3.63, 3.8) is 0 Å². The van der Waals surface area contributed by atoms with E-state index < -0.39 is 0 Å². The number of aromatic nitrogens is 2. The van der Waals surface area contributed by atoms with Crippen LogP contribution in [0.2, 0.25) is 0 Å². The van der Waals surface area contributed by atoms with Crippen LogP contribution < -0.4 is 5.73 Å². The summed E-state index contributed by atoms with van der Waals surface area (Å²) in [6.45, 7) is 8.58. The molecule has 94 valence electrons. The molecule has 0 aliphatic carbocycles. The van der Waals surface area contributed by atoms with Gasteiger partial charge in [0.25, 0.3) is 5.91 Å². The van der Waals surface area contributed by atoms with E-state index >= 15 is 0 Å². The van der Waals surface area contributed by atoms with E-state index in [1.165, 1.54) is 0 Å². The second-order valence-corrected chi connectivity index (χ2v) is 5.41. The topological polar surface area (TPSA) is 64.2 Å². The lowest BCUT2D eigenvalue weighted by atomic mass is 9.93. The Bertz CT molecular complexity index is 436. The second-order valence-electron chi connectivity index (χ2n) is 5.41. The van der Waals surface area contributed by atoms with Crippen LogP contribution in [0.3, 0.4) is 0 Å². The summed E-state index contributed by atoms with van der Waals surface area (Å²) in [5, 5.41) is 4.11. The zero-order valence-corrected chi connectivity index (χ0v) is 10.7. The Labute approximate surface area is 102 Å². The van der Waals surface area contributed by atoms with Crippen molar-refractivity contribution in [3.05, 3.63) is 11.9 Å². The highest BCUT2D eigenvalue weighted by atomic mass is 16.2. The molecule has 0 atom stereocenters. The minimum absolute atomic E-state index is 0.00688. The highest BCUT2D eigenvalue weighted by Crippen LogP contribution is 2.30. The average molecular weight is 236 g/mol. The minimum atomic E-state index is 0.00688. The lowest BCUT2D eigenvalue weighted by molar-refractivity contribution is 0.0767. The zero-order valence-electron chi connectivity index (χ0n) is 10.7. The molecule has 5 heteroatoms. The lowest BCUT2D eigenvalue weighted by Gasteiger charge is -2.20. The van der Waals surface area contributed by atoms with E-state index in [1.807, 2.05) is 11.8 Å². The molecule has 5 nitrogen and oxygen atoms in total. The molecule has 1 aromatic rings. The van der Waals surface area contributed by atoms with E-state index in [4.69, 9.17) is 5.73 Å². The molecule has 1 amide bonds. The molecule has 0 radical (unpaired) electrons. The number of hydrogen-bond acceptors (Lipinski definition) is 3. The van der Waals surface area contributed by atoms with Crippen molar-refractivity contribution in [1.29, 1.82) is 0 Å². The van der Waals surface area contributed by atoms with E-state index in [9.17, 15) is 4.79 Å². The highest BCUT2D eigenvalue weighted by molar-refractivity contribution is 5.97. The molecule has 0 bridgehead atoms. The number of likely N-dealkylation sites (tertiary alicyclic amines) is 1. The third-order valence-electron chi connectivity index (χ3n) is 3.33. The number of nitrogen functional groups attached to an aromatic ring is 1. The molecule has 1 aromatic heterocycles. The number of hydrogen-bond donors (Lipinski definition) is 1.